The number of piperidine rings is 1. The lowest BCUT2D eigenvalue weighted by Gasteiger charge is -2.30. The van der Waals surface area contributed by atoms with Crippen LogP contribution in [0.25, 0.3) is 0 Å². The fourth-order valence-corrected chi connectivity index (χ4v) is 5.59. The Kier molecular flexibility index (Phi) is 7.84. The molecule has 2 atom stereocenters. The number of allylic oxidation sites excluding steroid dienone is 2. The molecular formula is C25H34N2O2S. The highest BCUT2D eigenvalue weighted by atomic mass is 32.2. The molecule has 0 N–H and O–H groups in total. The van der Waals surface area contributed by atoms with Crippen molar-refractivity contribution >= 4 is 23.4 Å². The third-order valence-corrected chi connectivity index (χ3v) is 7.12. The Morgan fingerprint density at radius 1 is 1.37 bits per heavy atom. The summed E-state index contributed by atoms with van der Waals surface area (Å²) < 4.78 is 5.65. The maximum atomic E-state index is 12.6. The molecular weight excluding hydrogens is 392 g/mol. The molecule has 0 aromatic heterocycles. The van der Waals surface area contributed by atoms with E-state index in [1.54, 1.807) is 0 Å². The van der Waals surface area contributed by atoms with Crippen molar-refractivity contribution in [2.45, 2.75) is 39.0 Å². The number of likely N-dealkylation sites (tertiary alicyclic amines) is 1. The highest BCUT2D eigenvalue weighted by Crippen LogP contribution is 2.41. The fourth-order valence-electron chi connectivity index (χ4n) is 4.28. The Hall–Kier alpha value is -1.98. The van der Waals surface area contributed by atoms with E-state index in [0.29, 0.717) is 18.1 Å². The molecule has 0 spiro atoms. The second-order valence-electron chi connectivity index (χ2n) is 8.26. The van der Waals surface area contributed by atoms with Gasteiger partial charge in [0.2, 0.25) is 0 Å². The Morgan fingerprint density at radius 3 is 2.83 bits per heavy atom. The van der Waals surface area contributed by atoms with Gasteiger partial charge in [0.15, 0.2) is 0 Å². The van der Waals surface area contributed by atoms with Crippen molar-refractivity contribution in [3.63, 3.8) is 0 Å². The van der Waals surface area contributed by atoms with Gasteiger partial charge in [-0.15, -0.1) is 11.8 Å². The van der Waals surface area contributed by atoms with Gasteiger partial charge in [-0.1, -0.05) is 24.8 Å². The summed E-state index contributed by atoms with van der Waals surface area (Å²) in [5.74, 6) is 1.11. The van der Waals surface area contributed by atoms with Crippen LogP contribution in [0, 0.1) is 12.8 Å². The Balaban J connectivity index is 1.72. The summed E-state index contributed by atoms with van der Waals surface area (Å²) in [6.07, 6.45) is 8.70. The molecule has 0 amide bonds. The highest BCUT2D eigenvalue weighted by molar-refractivity contribution is 8.00. The number of esters is 1. The SMILES string of the molecule is C=C1CSC(C(/C=C\C)=C/C)N1c1ccc(C(=O)OCC2CCCN(C)C2)cc1C. The third kappa shape index (κ3) is 5.19. The van der Waals surface area contributed by atoms with Crippen LogP contribution in [0.3, 0.4) is 0 Å². The van der Waals surface area contributed by atoms with Gasteiger partial charge in [0.1, 0.15) is 5.37 Å². The summed E-state index contributed by atoms with van der Waals surface area (Å²) in [5, 5.41) is 0.207. The fraction of sp³-hybridized carbons (Fsp3) is 0.480. The molecule has 162 valence electrons. The number of ether oxygens (including phenoxy) is 1. The maximum absolute atomic E-state index is 12.6. The molecule has 2 aliphatic rings. The van der Waals surface area contributed by atoms with Gasteiger partial charge >= 0.3 is 5.97 Å². The van der Waals surface area contributed by atoms with E-state index in [9.17, 15) is 4.79 Å². The van der Waals surface area contributed by atoms with Crippen molar-refractivity contribution in [3.8, 4) is 0 Å². The average Bonchev–Trinajstić information content (AvgIpc) is 3.11. The van der Waals surface area contributed by atoms with Crippen LogP contribution in [0.2, 0.25) is 0 Å². The summed E-state index contributed by atoms with van der Waals surface area (Å²) in [6.45, 7) is 13.1. The number of thioether (sulfide) groups is 1. The number of anilines is 1. The predicted octanol–water partition coefficient (Wildman–Crippen LogP) is 5.41. The van der Waals surface area contributed by atoms with E-state index in [0.717, 1.165) is 42.2 Å². The minimum Gasteiger partial charge on any atom is -0.462 e. The molecule has 2 fully saturated rings. The quantitative estimate of drug-likeness (QED) is 0.449. The Labute approximate surface area is 185 Å². The first kappa shape index (κ1) is 22.7. The van der Waals surface area contributed by atoms with Gasteiger partial charge in [-0.25, -0.2) is 4.79 Å². The van der Waals surface area contributed by atoms with Gasteiger partial charge in [-0.05, 0) is 76.5 Å². The topological polar surface area (TPSA) is 32.8 Å². The number of hydrogen-bond donors (Lipinski definition) is 0. The zero-order valence-corrected chi connectivity index (χ0v) is 19.5. The van der Waals surface area contributed by atoms with Crippen LogP contribution >= 0.6 is 11.8 Å². The average molecular weight is 427 g/mol. The minimum atomic E-state index is -0.230. The molecule has 2 unspecified atom stereocenters. The lowest BCUT2D eigenvalue weighted by molar-refractivity contribution is 0.0371. The zero-order chi connectivity index (χ0) is 21.7. The second-order valence-corrected chi connectivity index (χ2v) is 9.33. The molecule has 1 aromatic rings. The van der Waals surface area contributed by atoms with Crippen LogP contribution in [-0.4, -0.2) is 48.7 Å². The molecule has 5 heteroatoms. The van der Waals surface area contributed by atoms with Crippen LogP contribution in [0.5, 0.6) is 0 Å². The number of rotatable bonds is 6. The number of hydrogen-bond acceptors (Lipinski definition) is 5. The monoisotopic (exact) mass is 426 g/mol. The van der Waals surface area contributed by atoms with Gasteiger partial charge in [0, 0.05) is 29.6 Å². The van der Waals surface area contributed by atoms with Crippen molar-refractivity contribution in [2.24, 2.45) is 5.92 Å². The molecule has 2 heterocycles. The van der Waals surface area contributed by atoms with E-state index in [4.69, 9.17) is 4.74 Å². The van der Waals surface area contributed by atoms with Gasteiger partial charge in [0.25, 0.3) is 0 Å². The first-order chi connectivity index (χ1) is 14.4. The summed E-state index contributed by atoms with van der Waals surface area (Å²) in [4.78, 5) is 17.2. The van der Waals surface area contributed by atoms with Crippen LogP contribution in [0.4, 0.5) is 5.69 Å². The Morgan fingerprint density at radius 2 is 2.17 bits per heavy atom. The summed E-state index contributed by atoms with van der Waals surface area (Å²) in [6, 6.07) is 5.87. The van der Waals surface area contributed by atoms with Crippen molar-refractivity contribution < 1.29 is 9.53 Å². The molecule has 0 bridgehead atoms. The Bertz CT molecular complexity index is 846. The molecule has 2 aliphatic heterocycles. The van der Waals surface area contributed by atoms with Crippen LogP contribution in [0.15, 0.2) is 54.3 Å². The summed E-state index contributed by atoms with van der Waals surface area (Å²) in [7, 11) is 2.13. The van der Waals surface area contributed by atoms with Gasteiger partial charge < -0.3 is 14.5 Å². The molecule has 3 rings (SSSR count). The zero-order valence-electron chi connectivity index (χ0n) is 18.7. The third-order valence-electron chi connectivity index (χ3n) is 5.82. The summed E-state index contributed by atoms with van der Waals surface area (Å²) >= 11 is 1.88. The first-order valence-corrected chi connectivity index (χ1v) is 11.8. The van der Waals surface area contributed by atoms with E-state index < -0.39 is 0 Å². The number of benzene rings is 1. The normalized spacial score (nSPS) is 23.4. The van der Waals surface area contributed by atoms with Crippen LogP contribution in [0.1, 0.15) is 42.6 Å². The molecule has 1 aromatic carbocycles. The molecule has 30 heavy (non-hydrogen) atoms. The lowest BCUT2D eigenvalue weighted by Crippen LogP contribution is -2.34. The van der Waals surface area contributed by atoms with Crippen molar-refractivity contribution in [1.82, 2.24) is 4.90 Å². The van der Waals surface area contributed by atoms with Gasteiger partial charge in [-0.2, -0.15) is 0 Å². The van der Waals surface area contributed by atoms with Crippen LogP contribution in [-0.2, 0) is 4.74 Å². The molecule has 2 saturated heterocycles. The first-order valence-electron chi connectivity index (χ1n) is 10.8. The second kappa shape index (κ2) is 10.4. The van der Waals surface area contributed by atoms with E-state index in [2.05, 4.69) is 55.5 Å². The maximum Gasteiger partial charge on any atom is 0.338 e. The summed E-state index contributed by atoms with van der Waals surface area (Å²) in [5.41, 5.74) is 5.14. The number of nitrogens with zero attached hydrogens (tertiary/aromatic N) is 2. The number of carbonyl (C=O) groups excluding carboxylic acids is 1. The van der Waals surface area contributed by atoms with E-state index >= 15 is 0 Å². The molecule has 4 nitrogen and oxygen atoms in total. The highest BCUT2D eigenvalue weighted by Gasteiger charge is 2.31. The smallest absolute Gasteiger partial charge is 0.338 e. The largest absolute Gasteiger partial charge is 0.462 e. The van der Waals surface area contributed by atoms with Crippen molar-refractivity contribution in [3.05, 3.63) is 65.4 Å². The molecule has 0 saturated carbocycles. The standard InChI is InChI=1S/C25H34N2O2S/c1-6-9-21(7-2)24-27(19(4)17-30-24)23-12-11-22(14-18(23)3)25(28)29-16-20-10-8-13-26(5)15-20/h6-7,9,11-12,14,20,24H,4,8,10,13,15-17H2,1-3,5H3/b9-6-,21-7+. The lowest BCUT2D eigenvalue weighted by atomic mass is 9.99. The van der Waals surface area contributed by atoms with Gasteiger partial charge in [-0.3, -0.25) is 0 Å². The van der Waals surface area contributed by atoms with Gasteiger partial charge in [0.05, 0.1) is 12.2 Å². The number of aryl methyl sites for hydroxylation is 1. The van der Waals surface area contributed by atoms with Crippen molar-refractivity contribution in [2.75, 3.05) is 37.4 Å². The van der Waals surface area contributed by atoms with Crippen LogP contribution < -0.4 is 4.90 Å². The molecule has 0 radical (unpaired) electrons. The van der Waals surface area contributed by atoms with E-state index in [1.807, 2.05) is 36.9 Å². The predicted molar refractivity (Wildman–Crippen MR) is 128 cm³/mol. The van der Waals surface area contributed by atoms with E-state index in [-0.39, 0.29) is 11.3 Å². The number of carbonyl (C=O) groups is 1. The van der Waals surface area contributed by atoms with Crippen molar-refractivity contribution in [1.29, 1.82) is 0 Å². The molecule has 0 aliphatic carbocycles. The van der Waals surface area contributed by atoms with E-state index in [1.165, 1.54) is 12.0 Å². The minimum absolute atomic E-state index is 0.207.